The molecule has 0 unspecified atom stereocenters. The Kier molecular flexibility index (Phi) is 4.52. The van der Waals surface area contributed by atoms with Crippen LogP contribution < -0.4 is 4.43 Å². The maximum atomic E-state index is 6.07. The summed E-state index contributed by atoms with van der Waals surface area (Å²) in [6.07, 6.45) is 6.68. The first-order chi connectivity index (χ1) is 8.16. The average molecular weight is 268 g/mol. The van der Waals surface area contributed by atoms with Crippen LogP contribution in [-0.4, -0.2) is 9.04 Å². The van der Waals surface area contributed by atoms with Gasteiger partial charge in [0.15, 0.2) is 0 Å². The van der Waals surface area contributed by atoms with E-state index in [1.54, 1.807) is 0 Å². The predicted molar refractivity (Wildman–Crippen MR) is 75.4 cm³/mol. The summed E-state index contributed by atoms with van der Waals surface area (Å²) in [4.78, 5) is 0. The molecule has 1 aliphatic carbocycles. The molecular formula is C14H20ClOSi. The Morgan fingerprint density at radius 2 is 1.88 bits per heavy atom. The largest absolute Gasteiger partial charge is 0.542 e. The van der Waals surface area contributed by atoms with Crippen molar-refractivity contribution in [1.29, 1.82) is 0 Å². The number of benzene rings is 1. The van der Waals surface area contributed by atoms with Crippen molar-refractivity contribution in [3.8, 4) is 5.75 Å². The summed E-state index contributed by atoms with van der Waals surface area (Å²) in [6, 6.07) is 6.15. The minimum absolute atomic E-state index is 0.678. The van der Waals surface area contributed by atoms with Gasteiger partial charge in [-0.15, -0.1) is 0 Å². The Bertz CT molecular complexity index is 372. The molecule has 3 heteroatoms. The van der Waals surface area contributed by atoms with Crippen molar-refractivity contribution >= 4 is 20.6 Å². The second-order valence-electron chi connectivity index (χ2n) is 5.03. The summed E-state index contributed by atoms with van der Waals surface area (Å²) in [6.45, 7) is 4.33. The molecule has 0 amide bonds. The van der Waals surface area contributed by atoms with Crippen LogP contribution in [0.25, 0.3) is 0 Å². The highest BCUT2D eigenvalue weighted by molar-refractivity contribution is 6.49. The molecule has 1 nitrogen and oxygen atoms in total. The van der Waals surface area contributed by atoms with Crippen LogP contribution in [0.5, 0.6) is 5.75 Å². The van der Waals surface area contributed by atoms with Crippen molar-refractivity contribution in [2.24, 2.45) is 0 Å². The van der Waals surface area contributed by atoms with Gasteiger partial charge < -0.3 is 4.43 Å². The van der Waals surface area contributed by atoms with Crippen LogP contribution in [0.2, 0.25) is 18.1 Å². The maximum Gasteiger partial charge on any atom is 0.274 e. The first-order valence-electron chi connectivity index (χ1n) is 6.44. The normalized spacial score (nSPS) is 17.4. The number of rotatable bonds is 3. The van der Waals surface area contributed by atoms with Gasteiger partial charge >= 0.3 is 0 Å². The van der Waals surface area contributed by atoms with Gasteiger partial charge in [0.05, 0.1) is 0 Å². The van der Waals surface area contributed by atoms with Crippen molar-refractivity contribution in [1.82, 2.24) is 0 Å². The van der Waals surface area contributed by atoms with E-state index in [9.17, 15) is 0 Å². The van der Waals surface area contributed by atoms with E-state index < -0.39 is 9.04 Å². The Balaban J connectivity index is 2.24. The molecule has 0 spiro atoms. The van der Waals surface area contributed by atoms with Gasteiger partial charge in [0.2, 0.25) is 0 Å². The molecule has 0 aromatic heterocycles. The molecular weight excluding hydrogens is 248 g/mol. The predicted octanol–water partition coefficient (Wildman–Crippen LogP) is 5.02. The first-order valence-corrected chi connectivity index (χ1v) is 9.23. The lowest BCUT2D eigenvalue weighted by Crippen LogP contribution is -2.14. The van der Waals surface area contributed by atoms with Crippen molar-refractivity contribution in [2.75, 3.05) is 0 Å². The second kappa shape index (κ2) is 5.92. The van der Waals surface area contributed by atoms with Gasteiger partial charge in [0.25, 0.3) is 9.04 Å². The number of halogens is 1. The van der Waals surface area contributed by atoms with Crippen molar-refractivity contribution in [2.45, 2.75) is 51.1 Å². The number of hydrogen-bond donors (Lipinski definition) is 0. The third kappa shape index (κ3) is 3.49. The van der Waals surface area contributed by atoms with E-state index in [-0.39, 0.29) is 0 Å². The summed E-state index contributed by atoms with van der Waals surface area (Å²) in [7, 11) is -0.722. The monoisotopic (exact) mass is 267 g/mol. The van der Waals surface area contributed by atoms with E-state index in [4.69, 9.17) is 16.0 Å². The van der Waals surface area contributed by atoms with Gasteiger partial charge in [0, 0.05) is 5.02 Å². The fraction of sp³-hybridized carbons (Fsp3) is 0.571. The molecule has 1 saturated carbocycles. The lowest BCUT2D eigenvalue weighted by molar-refractivity contribution is 0.433. The third-order valence-corrected chi connectivity index (χ3v) is 4.20. The Labute approximate surface area is 111 Å². The smallest absolute Gasteiger partial charge is 0.274 e. The van der Waals surface area contributed by atoms with Crippen LogP contribution in [0.3, 0.4) is 0 Å². The van der Waals surface area contributed by atoms with E-state index in [0.717, 1.165) is 10.8 Å². The maximum absolute atomic E-state index is 6.07. The standard InChI is InChI=1S/C14H20ClOSi/c1-17(2)16-14-10-12(15)8-9-13(14)11-6-4-3-5-7-11/h8-11H,3-7H2,1-2H3. The molecule has 0 heterocycles. The van der Waals surface area contributed by atoms with Gasteiger partial charge in [-0.05, 0) is 49.5 Å². The highest BCUT2D eigenvalue weighted by Gasteiger charge is 2.20. The third-order valence-electron chi connectivity index (χ3n) is 3.33. The lowest BCUT2D eigenvalue weighted by Gasteiger charge is -2.25. The molecule has 0 atom stereocenters. The van der Waals surface area contributed by atoms with Crippen LogP contribution in [0.4, 0.5) is 0 Å². The fourth-order valence-corrected chi connectivity index (χ4v) is 3.35. The lowest BCUT2D eigenvalue weighted by atomic mass is 9.84. The zero-order valence-corrected chi connectivity index (χ0v) is 12.4. The van der Waals surface area contributed by atoms with Gasteiger partial charge in [-0.2, -0.15) is 0 Å². The van der Waals surface area contributed by atoms with Gasteiger partial charge in [0.1, 0.15) is 5.75 Å². The van der Waals surface area contributed by atoms with Gasteiger partial charge in [-0.25, -0.2) is 0 Å². The summed E-state index contributed by atoms with van der Waals surface area (Å²) in [5.41, 5.74) is 1.38. The van der Waals surface area contributed by atoms with Gasteiger partial charge in [-0.1, -0.05) is 36.9 Å². The highest BCUT2D eigenvalue weighted by atomic mass is 35.5. The Morgan fingerprint density at radius 3 is 2.53 bits per heavy atom. The molecule has 1 aromatic rings. The molecule has 93 valence electrons. The molecule has 0 bridgehead atoms. The Morgan fingerprint density at radius 1 is 1.18 bits per heavy atom. The van der Waals surface area contributed by atoms with E-state index in [0.29, 0.717) is 5.92 Å². The van der Waals surface area contributed by atoms with Crippen LogP contribution in [0.1, 0.15) is 43.6 Å². The highest BCUT2D eigenvalue weighted by Crippen LogP contribution is 2.38. The second-order valence-corrected chi connectivity index (χ2v) is 7.48. The molecule has 1 radical (unpaired) electrons. The fourth-order valence-electron chi connectivity index (χ4n) is 2.57. The molecule has 2 rings (SSSR count). The van der Waals surface area contributed by atoms with Crippen LogP contribution >= 0.6 is 11.6 Å². The SMILES string of the molecule is C[Si](C)Oc1cc(Cl)ccc1C1CCCCC1. The zero-order chi connectivity index (χ0) is 12.3. The van der Waals surface area contributed by atoms with Crippen molar-refractivity contribution in [3.63, 3.8) is 0 Å². The Hall–Kier alpha value is -0.473. The molecule has 1 fully saturated rings. The average Bonchev–Trinajstić information content (AvgIpc) is 2.29. The molecule has 1 aliphatic rings. The van der Waals surface area contributed by atoms with Crippen LogP contribution in [0, 0.1) is 0 Å². The van der Waals surface area contributed by atoms with E-state index in [2.05, 4.69) is 19.2 Å². The minimum atomic E-state index is -0.722. The van der Waals surface area contributed by atoms with E-state index in [1.165, 1.54) is 37.7 Å². The van der Waals surface area contributed by atoms with Crippen LogP contribution in [0.15, 0.2) is 18.2 Å². The van der Waals surface area contributed by atoms with Crippen LogP contribution in [-0.2, 0) is 0 Å². The topological polar surface area (TPSA) is 9.23 Å². The van der Waals surface area contributed by atoms with Crippen molar-refractivity contribution in [3.05, 3.63) is 28.8 Å². The number of hydrogen-bond acceptors (Lipinski definition) is 1. The quantitative estimate of drug-likeness (QED) is 0.699. The first kappa shape index (κ1) is 13.0. The molecule has 0 aliphatic heterocycles. The van der Waals surface area contributed by atoms with E-state index >= 15 is 0 Å². The molecule has 1 aromatic carbocycles. The van der Waals surface area contributed by atoms with Crippen molar-refractivity contribution < 1.29 is 4.43 Å². The molecule has 0 saturated heterocycles. The summed E-state index contributed by atoms with van der Waals surface area (Å²) >= 11 is 6.07. The summed E-state index contributed by atoms with van der Waals surface area (Å²) in [5, 5.41) is 0.780. The molecule has 17 heavy (non-hydrogen) atoms. The minimum Gasteiger partial charge on any atom is -0.542 e. The zero-order valence-electron chi connectivity index (χ0n) is 10.6. The van der Waals surface area contributed by atoms with Gasteiger partial charge in [-0.3, -0.25) is 0 Å². The summed E-state index contributed by atoms with van der Waals surface area (Å²) < 4.78 is 6.00. The van der Waals surface area contributed by atoms with E-state index in [1.807, 2.05) is 12.1 Å². The molecule has 0 N–H and O–H groups in total. The summed E-state index contributed by atoms with van der Waals surface area (Å²) in [5.74, 6) is 1.71.